The minimum Gasteiger partial charge on any atom is -0.465 e. The molecule has 0 aliphatic rings. The predicted octanol–water partition coefficient (Wildman–Crippen LogP) is 2.38. The van der Waals surface area contributed by atoms with E-state index in [1.54, 1.807) is 24.5 Å². The van der Waals surface area contributed by atoms with Gasteiger partial charge in [0.05, 0.1) is 31.6 Å². The van der Waals surface area contributed by atoms with Crippen LogP contribution in [-0.2, 0) is 22.6 Å². The maximum Gasteiger partial charge on any atom is 0.337 e. The molecule has 0 atom stereocenters. The summed E-state index contributed by atoms with van der Waals surface area (Å²) < 4.78 is 20.7. The third kappa shape index (κ3) is 4.45. The maximum absolute atomic E-state index is 11.9. The summed E-state index contributed by atoms with van der Waals surface area (Å²) in [6.07, 6.45) is 1.64. The Morgan fingerprint density at radius 3 is 2.19 bits per heavy atom. The van der Waals surface area contributed by atoms with Crippen LogP contribution in [0.25, 0.3) is 11.3 Å². The zero-order valence-corrected chi connectivity index (χ0v) is 15.1. The highest BCUT2D eigenvalue weighted by Crippen LogP contribution is 2.25. The van der Waals surface area contributed by atoms with Crippen molar-refractivity contribution in [1.82, 2.24) is 0 Å². The average molecular weight is 370 g/mol. The summed E-state index contributed by atoms with van der Waals surface area (Å²) in [6.45, 7) is 1.33. The summed E-state index contributed by atoms with van der Waals surface area (Å²) in [4.78, 5) is 23.8. The first kappa shape index (κ1) is 18.5. The molecule has 0 aliphatic heterocycles. The molecule has 2 N–H and O–H groups in total. The summed E-state index contributed by atoms with van der Waals surface area (Å²) in [6, 6.07) is 12.1. The number of nitrogens with two attached hydrogens (primary N) is 1. The molecule has 0 amide bonds. The molecule has 3 aromatic rings. The lowest BCUT2D eigenvalue weighted by molar-refractivity contribution is -0.689. The average Bonchev–Trinajstić information content (AvgIpc) is 3.38. The Morgan fingerprint density at radius 2 is 1.59 bits per heavy atom. The van der Waals surface area contributed by atoms with Crippen LogP contribution in [0.1, 0.15) is 32.2 Å². The van der Waals surface area contributed by atoms with Crippen LogP contribution in [0.4, 0.5) is 0 Å². The van der Waals surface area contributed by atoms with Gasteiger partial charge in [0, 0.05) is 5.56 Å². The van der Waals surface area contributed by atoms with E-state index >= 15 is 0 Å². The fourth-order valence-electron chi connectivity index (χ4n) is 2.67. The van der Waals surface area contributed by atoms with E-state index in [1.165, 1.54) is 20.3 Å². The summed E-state index contributed by atoms with van der Waals surface area (Å²) in [7, 11) is 2.57. The number of benzene rings is 1. The van der Waals surface area contributed by atoms with Crippen LogP contribution in [-0.4, -0.2) is 26.2 Å². The quantitative estimate of drug-likeness (QED) is 0.642. The highest BCUT2D eigenvalue weighted by Gasteiger charge is 2.16. The number of furan rings is 2. The molecule has 0 fully saturated rings. The molecular weight excluding hydrogens is 350 g/mol. The number of hydrogen-bond acceptors (Lipinski definition) is 6. The summed E-state index contributed by atoms with van der Waals surface area (Å²) in [5.41, 5.74) is 1.09. The lowest BCUT2D eigenvalue weighted by Gasteiger charge is -2.06. The fourth-order valence-corrected chi connectivity index (χ4v) is 2.67. The number of rotatable bonds is 7. The molecule has 0 spiro atoms. The third-order valence-corrected chi connectivity index (χ3v) is 3.99. The van der Waals surface area contributed by atoms with Crippen LogP contribution in [0, 0.1) is 0 Å². The second-order valence-corrected chi connectivity index (χ2v) is 5.82. The molecule has 140 valence electrons. The molecule has 0 unspecified atom stereocenters. The normalized spacial score (nSPS) is 10.6. The number of carbonyl (C=O) groups excluding carboxylic acids is 2. The van der Waals surface area contributed by atoms with E-state index in [1.807, 2.05) is 23.5 Å². The molecule has 2 heterocycles. The molecule has 7 heteroatoms. The number of ether oxygens (including phenoxy) is 2. The van der Waals surface area contributed by atoms with Crippen LogP contribution in [0.15, 0.2) is 57.6 Å². The fraction of sp³-hybridized carbons (Fsp3) is 0.200. The number of quaternary nitrogens is 1. The molecule has 0 radical (unpaired) electrons. The van der Waals surface area contributed by atoms with Crippen molar-refractivity contribution in [3.63, 3.8) is 0 Å². The van der Waals surface area contributed by atoms with E-state index in [4.69, 9.17) is 18.3 Å². The molecule has 7 nitrogen and oxygen atoms in total. The van der Waals surface area contributed by atoms with Gasteiger partial charge in [0.15, 0.2) is 11.5 Å². The molecule has 0 saturated carbocycles. The van der Waals surface area contributed by atoms with E-state index in [-0.39, 0.29) is 11.1 Å². The zero-order chi connectivity index (χ0) is 19.2. The van der Waals surface area contributed by atoms with Crippen molar-refractivity contribution in [3.05, 3.63) is 71.4 Å². The van der Waals surface area contributed by atoms with Gasteiger partial charge in [0.25, 0.3) is 0 Å². The second-order valence-electron chi connectivity index (χ2n) is 5.82. The first-order valence-corrected chi connectivity index (χ1v) is 8.35. The molecule has 27 heavy (non-hydrogen) atoms. The van der Waals surface area contributed by atoms with E-state index < -0.39 is 11.9 Å². The van der Waals surface area contributed by atoms with Crippen molar-refractivity contribution in [2.24, 2.45) is 0 Å². The van der Waals surface area contributed by atoms with E-state index in [0.717, 1.165) is 11.5 Å². The monoisotopic (exact) mass is 370 g/mol. The van der Waals surface area contributed by atoms with Gasteiger partial charge in [-0.3, -0.25) is 0 Å². The van der Waals surface area contributed by atoms with Gasteiger partial charge in [0.1, 0.15) is 18.8 Å². The van der Waals surface area contributed by atoms with Crippen LogP contribution >= 0.6 is 0 Å². The second kappa shape index (κ2) is 8.37. The Labute approximate surface area is 155 Å². The van der Waals surface area contributed by atoms with E-state index in [9.17, 15) is 9.59 Å². The molecule has 0 saturated heterocycles. The predicted molar refractivity (Wildman–Crippen MR) is 94.9 cm³/mol. The third-order valence-electron chi connectivity index (χ3n) is 3.99. The van der Waals surface area contributed by atoms with Crippen molar-refractivity contribution in [2.75, 3.05) is 14.2 Å². The number of hydrogen-bond donors (Lipinski definition) is 1. The van der Waals surface area contributed by atoms with Crippen molar-refractivity contribution in [1.29, 1.82) is 0 Å². The highest BCUT2D eigenvalue weighted by atomic mass is 16.5. The van der Waals surface area contributed by atoms with Crippen LogP contribution in [0.5, 0.6) is 0 Å². The molecule has 3 rings (SSSR count). The Kier molecular flexibility index (Phi) is 5.73. The van der Waals surface area contributed by atoms with Crippen molar-refractivity contribution in [3.8, 4) is 11.3 Å². The van der Waals surface area contributed by atoms with Gasteiger partial charge in [-0.1, -0.05) is 0 Å². The number of carbonyl (C=O) groups is 2. The van der Waals surface area contributed by atoms with E-state index in [2.05, 4.69) is 0 Å². The van der Waals surface area contributed by atoms with Gasteiger partial charge in [-0.05, 0) is 42.5 Å². The van der Waals surface area contributed by atoms with Crippen molar-refractivity contribution in [2.45, 2.75) is 13.1 Å². The summed E-state index contributed by atoms with van der Waals surface area (Å²) >= 11 is 0. The number of esters is 2. The van der Waals surface area contributed by atoms with Crippen molar-refractivity contribution >= 4 is 11.9 Å². The van der Waals surface area contributed by atoms with E-state index in [0.29, 0.717) is 24.4 Å². The Bertz CT molecular complexity index is 892. The summed E-state index contributed by atoms with van der Waals surface area (Å²) in [5.74, 6) is 1.11. The van der Waals surface area contributed by atoms with Crippen LogP contribution < -0.4 is 5.32 Å². The minimum absolute atomic E-state index is 0.248. The number of methoxy groups -OCH3 is 2. The smallest absolute Gasteiger partial charge is 0.337 e. The van der Waals surface area contributed by atoms with Gasteiger partial charge < -0.3 is 23.6 Å². The lowest BCUT2D eigenvalue weighted by Crippen LogP contribution is -2.80. The standard InChI is InChI=1S/C20H19NO6/c1-24-19(22)14-8-13(9-15(10-14)20(23)25-2)18-6-5-17(27-18)12-21-11-16-4-3-7-26-16/h3-10,21H,11-12H2,1-2H3/p+1. The summed E-state index contributed by atoms with van der Waals surface area (Å²) in [5, 5.41) is 2.05. The Balaban J connectivity index is 1.79. The Hall–Kier alpha value is -3.32. The molecular formula is C20H20NO6+. The zero-order valence-electron chi connectivity index (χ0n) is 15.1. The first-order chi connectivity index (χ1) is 13.1. The van der Waals surface area contributed by atoms with Crippen LogP contribution in [0.3, 0.4) is 0 Å². The maximum atomic E-state index is 11.9. The van der Waals surface area contributed by atoms with Gasteiger partial charge in [0.2, 0.25) is 0 Å². The largest absolute Gasteiger partial charge is 0.465 e. The molecule has 1 aromatic carbocycles. The lowest BCUT2D eigenvalue weighted by atomic mass is 10.0. The first-order valence-electron chi connectivity index (χ1n) is 8.35. The molecule has 0 aliphatic carbocycles. The molecule has 0 bridgehead atoms. The van der Waals surface area contributed by atoms with Gasteiger partial charge in [-0.2, -0.15) is 0 Å². The topological polar surface area (TPSA) is 95.5 Å². The van der Waals surface area contributed by atoms with Crippen LogP contribution in [0.2, 0.25) is 0 Å². The SMILES string of the molecule is COC(=O)c1cc(C(=O)OC)cc(-c2ccc(C[NH2+]Cc3ccco3)o2)c1. The molecule has 2 aromatic heterocycles. The van der Waals surface area contributed by atoms with Gasteiger partial charge in [-0.15, -0.1) is 0 Å². The Morgan fingerprint density at radius 1 is 0.926 bits per heavy atom. The van der Waals surface area contributed by atoms with Gasteiger partial charge in [-0.25, -0.2) is 9.59 Å². The van der Waals surface area contributed by atoms with Gasteiger partial charge >= 0.3 is 11.9 Å². The highest BCUT2D eigenvalue weighted by molar-refractivity contribution is 5.97. The minimum atomic E-state index is -0.541. The van der Waals surface area contributed by atoms with Crippen molar-refractivity contribution < 1.29 is 33.2 Å².